The van der Waals surface area contributed by atoms with Crippen LogP contribution in [0.1, 0.15) is 43.2 Å². The predicted molar refractivity (Wildman–Crippen MR) is 133 cm³/mol. The van der Waals surface area contributed by atoms with E-state index in [2.05, 4.69) is 5.32 Å². The van der Waals surface area contributed by atoms with Gasteiger partial charge in [0.2, 0.25) is 0 Å². The maximum atomic E-state index is 14.2. The molecule has 1 atom stereocenters. The summed E-state index contributed by atoms with van der Waals surface area (Å²) in [6.45, 7) is 0.925. The van der Waals surface area contributed by atoms with E-state index in [1.54, 1.807) is 24.0 Å². The van der Waals surface area contributed by atoms with Crippen LogP contribution in [-0.2, 0) is 16.2 Å². The van der Waals surface area contributed by atoms with Crippen LogP contribution in [0, 0.1) is 0 Å². The van der Waals surface area contributed by atoms with Crippen LogP contribution < -0.4 is 19.7 Å². The highest BCUT2D eigenvalue weighted by Crippen LogP contribution is 2.55. The van der Waals surface area contributed by atoms with E-state index < -0.39 is 4.87 Å². The van der Waals surface area contributed by atoms with E-state index in [-0.39, 0.29) is 18.0 Å². The normalized spacial score (nSPS) is 22.2. The van der Waals surface area contributed by atoms with E-state index in [0.717, 1.165) is 48.2 Å². The number of hydrogen-bond donors (Lipinski definition) is 1. The summed E-state index contributed by atoms with van der Waals surface area (Å²) in [5.74, 6) is 2.04. The number of ether oxygens (including phenoxy) is 2. The van der Waals surface area contributed by atoms with E-state index >= 15 is 0 Å². The lowest BCUT2D eigenvalue weighted by molar-refractivity contribution is -0.123. The van der Waals surface area contributed by atoms with Gasteiger partial charge < -0.3 is 19.7 Å². The maximum absolute atomic E-state index is 14.2. The Kier molecular flexibility index (Phi) is 6.34. The van der Waals surface area contributed by atoms with Gasteiger partial charge in [0, 0.05) is 23.9 Å². The maximum Gasteiger partial charge on any atom is 0.319 e. The molecule has 0 radical (unpaired) electrons. The highest BCUT2D eigenvalue weighted by molar-refractivity contribution is 8.01. The molecule has 0 aromatic heterocycles. The molecule has 34 heavy (non-hydrogen) atoms. The molecular formula is C26H31N3O4S. The summed E-state index contributed by atoms with van der Waals surface area (Å²) in [6.07, 6.45) is 5.50. The van der Waals surface area contributed by atoms with Crippen molar-refractivity contribution in [1.29, 1.82) is 0 Å². The molecule has 2 aliphatic heterocycles. The van der Waals surface area contributed by atoms with Gasteiger partial charge in [-0.2, -0.15) is 0 Å². The molecule has 0 bridgehead atoms. The van der Waals surface area contributed by atoms with Gasteiger partial charge in [-0.3, -0.25) is 9.69 Å². The van der Waals surface area contributed by atoms with Crippen molar-refractivity contribution in [1.82, 2.24) is 10.2 Å². The molecule has 8 heteroatoms. The van der Waals surface area contributed by atoms with Crippen molar-refractivity contribution in [2.45, 2.75) is 49.6 Å². The minimum Gasteiger partial charge on any atom is -0.497 e. The van der Waals surface area contributed by atoms with Gasteiger partial charge in [0.1, 0.15) is 11.5 Å². The van der Waals surface area contributed by atoms with Crippen LogP contribution in [-0.4, -0.2) is 49.4 Å². The highest BCUT2D eigenvalue weighted by Gasteiger charge is 2.59. The van der Waals surface area contributed by atoms with E-state index in [4.69, 9.17) is 9.47 Å². The highest BCUT2D eigenvalue weighted by atomic mass is 32.2. The average molecular weight is 482 g/mol. The van der Waals surface area contributed by atoms with Crippen molar-refractivity contribution in [3.8, 4) is 11.5 Å². The van der Waals surface area contributed by atoms with Crippen LogP contribution in [0.3, 0.4) is 0 Å². The second-order valence-electron chi connectivity index (χ2n) is 9.05. The second-order valence-corrected chi connectivity index (χ2v) is 10.3. The first kappa shape index (κ1) is 22.9. The number of fused-ring (bicyclic) bond motifs is 2. The summed E-state index contributed by atoms with van der Waals surface area (Å²) >= 11 is 1.54. The zero-order chi connectivity index (χ0) is 23.7. The van der Waals surface area contributed by atoms with Crippen LogP contribution in [0.25, 0.3) is 0 Å². The van der Waals surface area contributed by atoms with E-state index in [9.17, 15) is 9.59 Å². The summed E-state index contributed by atoms with van der Waals surface area (Å²) < 4.78 is 10.9. The van der Waals surface area contributed by atoms with Gasteiger partial charge in [0.05, 0.1) is 26.5 Å². The number of hydrogen-bond acceptors (Lipinski definition) is 5. The SMILES string of the molecule is COc1cccc(CN2C(=O)C3(SCCN3C(=O)NC3CCCCC3)c3cc(OC)ccc32)c1. The topological polar surface area (TPSA) is 71.1 Å². The zero-order valence-corrected chi connectivity index (χ0v) is 20.5. The average Bonchev–Trinajstić information content (AvgIpc) is 3.41. The van der Waals surface area contributed by atoms with Crippen molar-refractivity contribution >= 4 is 29.4 Å². The Labute approximate surface area is 204 Å². The fraction of sp³-hybridized carbons (Fsp3) is 0.462. The van der Waals surface area contributed by atoms with E-state index in [0.29, 0.717) is 24.6 Å². The first-order valence-electron chi connectivity index (χ1n) is 11.9. The fourth-order valence-corrected chi connectivity index (χ4v) is 6.78. The van der Waals surface area contributed by atoms with Gasteiger partial charge in [-0.05, 0) is 48.7 Å². The van der Waals surface area contributed by atoms with Gasteiger partial charge in [0.25, 0.3) is 5.91 Å². The smallest absolute Gasteiger partial charge is 0.319 e. The molecule has 2 aromatic carbocycles. The third-order valence-electron chi connectivity index (χ3n) is 7.05. The minimum atomic E-state index is -1.08. The molecule has 7 nitrogen and oxygen atoms in total. The Morgan fingerprint density at radius 3 is 2.62 bits per heavy atom. The molecule has 1 unspecified atom stereocenters. The summed E-state index contributed by atoms with van der Waals surface area (Å²) in [5, 5.41) is 3.23. The van der Waals surface area contributed by atoms with E-state index in [1.165, 1.54) is 18.2 Å². The van der Waals surface area contributed by atoms with Crippen LogP contribution in [0.2, 0.25) is 0 Å². The quantitative estimate of drug-likeness (QED) is 0.681. The lowest BCUT2D eigenvalue weighted by atomic mass is 9.95. The summed E-state index contributed by atoms with van der Waals surface area (Å²) in [7, 11) is 3.25. The van der Waals surface area contributed by atoms with Crippen molar-refractivity contribution in [3.63, 3.8) is 0 Å². The Balaban J connectivity index is 1.51. The number of nitrogens with zero attached hydrogens (tertiary/aromatic N) is 2. The number of amides is 3. The fourth-order valence-electron chi connectivity index (χ4n) is 5.33. The molecule has 1 aliphatic carbocycles. The van der Waals surface area contributed by atoms with Crippen molar-refractivity contribution in [2.75, 3.05) is 31.4 Å². The molecule has 3 amide bonds. The minimum absolute atomic E-state index is 0.0835. The van der Waals surface area contributed by atoms with Crippen LogP contribution >= 0.6 is 11.8 Å². The number of methoxy groups -OCH3 is 2. The monoisotopic (exact) mass is 481 g/mol. The van der Waals surface area contributed by atoms with Crippen LogP contribution in [0.4, 0.5) is 10.5 Å². The van der Waals surface area contributed by atoms with Gasteiger partial charge in [-0.25, -0.2) is 4.79 Å². The number of anilines is 1. The summed E-state index contributed by atoms with van der Waals surface area (Å²) in [5.41, 5.74) is 2.60. The molecule has 3 aliphatic rings. The van der Waals surface area contributed by atoms with Gasteiger partial charge in [-0.1, -0.05) is 31.4 Å². The van der Waals surface area contributed by atoms with Gasteiger partial charge in [0.15, 0.2) is 4.87 Å². The van der Waals surface area contributed by atoms with Crippen LogP contribution in [0.15, 0.2) is 42.5 Å². The van der Waals surface area contributed by atoms with Gasteiger partial charge in [-0.15, -0.1) is 11.8 Å². The molecule has 180 valence electrons. The van der Waals surface area contributed by atoms with E-state index in [1.807, 2.05) is 42.5 Å². The molecule has 2 fully saturated rings. The lowest BCUT2D eigenvalue weighted by Crippen LogP contribution is -2.55. The third kappa shape index (κ3) is 3.87. The molecule has 1 saturated carbocycles. The molecule has 2 aromatic rings. The third-order valence-corrected chi connectivity index (χ3v) is 8.47. The molecule has 1 spiro atoms. The number of thioether (sulfide) groups is 1. The lowest BCUT2D eigenvalue weighted by Gasteiger charge is -2.35. The Morgan fingerprint density at radius 2 is 1.85 bits per heavy atom. The zero-order valence-electron chi connectivity index (χ0n) is 19.7. The molecule has 1 N–H and O–H groups in total. The van der Waals surface area contributed by atoms with Crippen molar-refractivity contribution in [3.05, 3.63) is 53.6 Å². The molecule has 5 rings (SSSR count). The van der Waals surface area contributed by atoms with Gasteiger partial charge >= 0.3 is 6.03 Å². The largest absolute Gasteiger partial charge is 0.497 e. The Hall–Kier alpha value is -2.87. The standard InChI is InChI=1S/C26H31N3O4S/c1-32-20-10-6-7-18(15-20)17-28-23-12-11-21(33-2)16-22(23)26(24(28)30)29(13-14-34-26)25(31)27-19-8-4-3-5-9-19/h6-7,10-12,15-16,19H,3-5,8-9,13-14,17H2,1-2H3,(H,27,31). The number of benzene rings is 2. The Morgan fingerprint density at radius 1 is 1.09 bits per heavy atom. The summed E-state index contributed by atoms with van der Waals surface area (Å²) in [4.78, 5) is 30.1. The number of urea groups is 1. The number of carbonyl (C=O) groups is 2. The molecular weight excluding hydrogens is 450 g/mol. The van der Waals surface area contributed by atoms with Crippen molar-refractivity contribution in [2.24, 2.45) is 0 Å². The summed E-state index contributed by atoms with van der Waals surface area (Å²) in [6, 6.07) is 13.5. The molecule has 2 heterocycles. The predicted octanol–water partition coefficient (Wildman–Crippen LogP) is 4.49. The number of rotatable bonds is 5. The first-order valence-corrected chi connectivity index (χ1v) is 12.9. The Bertz CT molecular complexity index is 1090. The van der Waals surface area contributed by atoms with Crippen LogP contribution in [0.5, 0.6) is 11.5 Å². The van der Waals surface area contributed by atoms with Crippen molar-refractivity contribution < 1.29 is 19.1 Å². The number of nitrogens with one attached hydrogen (secondary N) is 1. The number of carbonyl (C=O) groups excluding carboxylic acids is 2. The first-order chi connectivity index (χ1) is 16.6. The molecule has 1 saturated heterocycles. The second kappa shape index (κ2) is 9.41.